The number of furan rings is 1. The third kappa shape index (κ3) is 14.0. The van der Waals surface area contributed by atoms with Crippen LogP contribution < -0.4 is 41.2 Å². The molecule has 18 heteroatoms. The number of hydrogen-bond donors (Lipinski definition) is 5. The molecule has 0 aliphatic heterocycles. The molecule has 4 amide bonds. The number of nitrogens with one attached hydrogen (secondary N) is 4. The molecule has 0 saturated heterocycles. The molecule has 1 aliphatic carbocycles. The first kappa shape index (κ1) is 46.6. The summed E-state index contributed by atoms with van der Waals surface area (Å²) in [5.74, 6) is 0.295. The fourth-order valence-electron chi connectivity index (χ4n) is 6.28. The van der Waals surface area contributed by atoms with Crippen molar-refractivity contribution in [3.8, 4) is 23.5 Å². The van der Waals surface area contributed by atoms with Crippen molar-refractivity contribution in [2.45, 2.75) is 95.9 Å². The van der Waals surface area contributed by atoms with Gasteiger partial charge in [0.15, 0.2) is 16.6 Å². The number of nitrogens with zero attached hydrogens (tertiary/aromatic N) is 3. The van der Waals surface area contributed by atoms with Crippen molar-refractivity contribution in [2.75, 3.05) is 65.1 Å². The summed E-state index contributed by atoms with van der Waals surface area (Å²) >= 11 is 1.23. The third-order valence-corrected chi connectivity index (χ3v) is 10.3. The minimum atomic E-state index is -0.761. The maximum absolute atomic E-state index is 13.3. The molecule has 17 nitrogen and oxygen atoms in total. The van der Waals surface area contributed by atoms with Crippen molar-refractivity contribution < 1.29 is 42.5 Å². The van der Waals surface area contributed by atoms with Gasteiger partial charge in [-0.3, -0.25) is 14.4 Å². The Morgan fingerprint density at radius 1 is 1.03 bits per heavy atom. The summed E-state index contributed by atoms with van der Waals surface area (Å²) < 4.78 is 28.1. The van der Waals surface area contributed by atoms with Crippen molar-refractivity contribution in [1.82, 2.24) is 30.8 Å². The standard InChI is InChI=1S/C41H60N8O9S/c1-25-23-26-14-16-41(5,6)27(26)24-30(25)57-32-13-12-29(56-32)35(52)46-33-36(54-8)47-38(48-37(33)55-9)59-22-15-31(50)43-18-20-49(7)21-19-44-34(51)28(11-10-17-42)45-39(53)58-40(2,3)4/h12-13,23-24,28H,10-11,14-22,42H2,1-9H3,(H,43,50)(H,44,51)(H,45,53)(H,46,52)/t28-/m1/s1. The van der Waals surface area contributed by atoms with Gasteiger partial charge < -0.3 is 55.3 Å². The third-order valence-electron chi connectivity index (χ3n) is 9.49. The number of anilines is 1. The number of thioether (sulfide) groups is 1. The molecule has 6 N–H and O–H groups in total. The highest BCUT2D eigenvalue weighted by Gasteiger charge is 2.31. The first-order valence-electron chi connectivity index (χ1n) is 19.7. The maximum atomic E-state index is 13.3. The maximum Gasteiger partial charge on any atom is 0.408 e. The van der Waals surface area contributed by atoms with E-state index in [4.69, 9.17) is 29.1 Å². The van der Waals surface area contributed by atoms with Crippen molar-refractivity contribution in [3.63, 3.8) is 0 Å². The topological polar surface area (TPSA) is 222 Å². The molecule has 0 saturated carbocycles. The number of aromatic nitrogens is 2. The fourth-order valence-corrected chi connectivity index (χ4v) is 7.05. The number of carbonyl (C=O) groups is 4. The zero-order valence-corrected chi connectivity index (χ0v) is 36.5. The van der Waals surface area contributed by atoms with Crippen molar-refractivity contribution >= 4 is 41.3 Å². The van der Waals surface area contributed by atoms with Gasteiger partial charge in [0.2, 0.25) is 23.6 Å². The smallest absolute Gasteiger partial charge is 0.408 e. The average Bonchev–Trinajstić information content (AvgIpc) is 3.76. The van der Waals surface area contributed by atoms with E-state index >= 15 is 0 Å². The minimum Gasteiger partial charge on any atom is -0.479 e. The Hall–Kier alpha value is -5.07. The minimum absolute atomic E-state index is 0.00237. The molecule has 1 aromatic carbocycles. The van der Waals surface area contributed by atoms with Gasteiger partial charge in [-0.2, -0.15) is 9.97 Å². The Bertz CT molecular complexity index is 1910. The molecule has 1 atom stereocenters. The van der Waals surface area contributed by atoms with E-state index in [1.54, 1.807) is 26.8 Å². The van der Waals surface area contributed by atoms with E-state index in [2.05, 4.69) is 57.2 Å². The summed E-state index contributed by atoms with van der Waals surface area (Å²) in [5.41, 5.74) is 8.67. The zero-order valence-electron chi connectivity index (χ0n) is 35.7. The number of likely N-dealkylation sites (N-methyl/N-ethyl adjacent to an activating group) is 1. The second-order valence-corrected chi connectivity index (χ2v) is 17.0. The molecule has 59 heavy (non-hydrogen) atoms. The van der Waals surface area contributed by atoms with Gasteiger partial charge in [0, 0.05) is 44.4 Å². The Morgan fingerprint density at radius 3 is 2.36 bits per heavy atom. The Morgan fingerprint density at radius 2 is 1.71 bits per heavy atom. The van der Waals surface area contributed by atoms with Crippen molar-refractivity contribution in [1.29, 1.82) is 0 Å². The van der Waals surface area contributed by atoms with E-state index in [0.29, 0.717) is 62.2 Å². The van der Waals surface area contributed by atoms with Gasteiger partial charge in [-0.1, -0.05) is 31.7 Å². The lowest BCUT2D eigenvalue weighted by Crippen LogP contribution is -2.49. The van der Waals surface area contributed by atoms with E-state index in [-0.39, 0.29) is 52.8 Å². The molecule has 2 heterocycles. The van der Waals surface area contributed by atoms with Crippen molar-refractivity contribution in [2.24, 2.45) is 5.73 Å². The number of benzene rings is 1. The molecule has 0 unspecified atom stereocenters. The van der Waals surface area contributed by atoms with Crippen LogP contribution in [0.3, 0.4) is 0 Å². The summed E-state index contributed by atoms with van der Waals surface area (Å²) in [6, 6.07) is 6.56. The van der Waals surface area contributed by atoms with Gasteiger partial charge in [-0.25, -0.2) is 4.79 Å². The van der Waals surface area contributed by atoms with Crippen molar-refractivity contribution in [3.05, 3.63) is 46.7 Å². The second kappa shape index (κ2) is 21.3. The lowest BCUT2D eigenvalue weighted by atomic mass is 9.86. The number of carbonyl (C=O) groups excluding carboxylic acids is 4. The fraction of sp³-hybridized carbons (Fsp3) is 0.561. The molecule has 0 bridgehead atoms. The first-order valence-corrected chi connectivity index (χ1v) is 20.7. The largest absolute Gasteiger partial charge is 0.479 e. The molecular formula is C41H60N8O9S. The summed E-state index contributed by atoms with van der Waals surface area (Å²) in [6.45, 7) is 13.9. The van der Waals surface area contributed by atoms with Crippen LogP contribution in [0.4, 0.5) is 10.5 Å². The second-order valence-electron chi connectivity index (χ2n) is 15.9. The number of alkyl carbamates (subject to hydrolysis) is 1. The molecule has 0 radical (unpaired) electrons. The predicted octanol–water partition coefficient (Wildman–Crippen LogP) is 4.94. The number of nitrogens with two attached hydrogens (primary N) is 1. The highest BCUT2D eigenvalue weighted by molar-refractivity contribution is 7.99. The number of ether oxygens (including phenoxy) is 4. The summed E-state index contributed by atoms with van der Waals surface area (Å²) in [4.78, 5) is 61.6. The van der Waals surface area contributed by atoms with Crippen LogP contribution in [0.1, 0.15) is 87.5 Å². The summed E-state index contributed by atoms with van der Waals surface area (Å²) in [7, 11) is 4.70. The van der Waals surface area contributed by atoms with Gasteiger partial charge in [0.05, 0.1) is 14.2 Å². The van der Waals surface area contributed by atoms with Crippen LogP contribution in [-0.2, 0) is 26.2 Å². The van der Waals surface area contributed by atoms with E-state index < -0.39 is 23.6 Å². The Balaban J connectivity index is 1.20. The number of amides is 4. The summed E-state index contributed by atoms with van der Waals surface area (Å²) in [6.07, 6.45) is 2.59. The number of fused-ring (bicyclic) bond motifs is 1. The monoisotopic (exact) mass is 840 g/mol. The summed E-state index contributed by atoms with van der Waals surface area (Å²) in [5, 5.41) is 11.4. The quantitative estimate of drug-likeness (QED) is 0.0709. The van der Waals surface area contributed by atoms with Crippen LogP contribution in [0.25, 0.3) is 0 Å². The molecule has 0 fully saturated rings. The van der Waals surface area contributed by atoms with Crippen LogP contribution in [0.15, 0.2) is 33.8 Å². The molecule has 1 aliphatic rings. The van der Waals surface area contributed by atoms with Gasteiger partial charge in [0.25, 0.3) is 11.9 Å². The van der Waals surface area contributed by atoms with E-state index in [0.717, 1.165) is 18.4 Å². The zero-order chi connectivity index (χ0) is 43.3. The molecule has 324 valence electrons. The van der Waals surface area contributed by atoms with E-state index in [1.165, 1.54) is 43.2 Å². The first-order chi connectivity index (χ1) is 27.9. The van der Waals surface area contributed by atoms with Crippen LogP contribution in [0.5, 0.6) is 23.5 Å². The van der Waals surface area contributed by atoms with Crippen LogP contribution in [0.2, 0.25) is 0 Å². The lowest BCUT2D eigenvalue weighted by molar-refractivity contribution is -0.123. The van der Waals surface area contributed by atoms with Gasteiger partial charge >= 0.3 is 6.09 Å². The molecule has 3 aromatic rings. The molecule has 4 rings (SSSR count). The molecule has 2 aromatic heterocycles. The Kier molecular flexibility index (Phi) is 16.8. The lowest BCUT2D eigenvalue weighted by Gasteiger charge is -2.24. The van der Waals surface area contributed by atoms with Gasteiger partial charge in [0.1, 0.15) is 17.4 Å². The molecular weight excluding hydrogens is 781 g/mol. The number of rotatable bonds is 21. The highest BCUT2D eigenvalue weighted by atomic mass is 32.2. The predicted molar refractivity (Wildman–Crippen MR) is 225 cm³/mol. The van der Waals surface area contributed by atoms with Gasteiger partial charge in [-0.15, -0.1) is 0 Å². The number of aryl methyl sites for hydroxylation is 2. The Labute approximate surface area is 350 Å². The van der Waals surface area contributed by atoms with Gasteiger partial charge in [-0.05, 0) is 101 Å². The highest BCUT2D eigenvalue weighted by Crippen LogP contribution is 2.42. The number of methoxy groups -OCH3 is 2. The average molecular weight is 841 g/mol. The van der Waals surface area contributed by atoms with E-state index in [1.807, 2.05) is 18.9 Å². The molecule has 0 spiro atoms. The van der Waals surface area contributed by atoms with E-state index in [9.17, 15) is 19.2 Å². The van der Waals surface area contributed by atoms with Crippen LogP contribution in [0, 0.1) is 6.92 Å². The number of hydrogen-bond acceptors (Lipinski definition) is 14. The van der Waals surface area contributed by atoms with Crippen LogP contribution >= 0.6 is 11.8 Å². The van der Waals surface area contributed by atoms with Crippen LogP contribution in [-0.4, -0.2) is 110 Å². The SMILES string of the molecule is COc1nc(SCCC(=O)NCCN(C)CCNC(=O)[C@@H](CCCN)NC(=O)OC(C)(C)C)nc(OC)c1NC(=O)c1ccc(Oc2cc3c(cc2C)CCC3(C)C)o1. The normalized spacial score (nSPS) is 13.6.